The first-order valence-corrected chi connectivity index (χ1v) is 4.95. The van der Waals surface area contributed by atoms with Crippen LogP contribution in [0.4, 0.5) is 0 Å². The summed E-state index contributed by atoms with van der Waals surface area (Å²) < 4.78 is 5.28. The third-order valence-corrected chi connectivity index (χ3v) is 2.42. The summed E-state index contributed by atoms with van der Waals surface area (Å²) in [6, 6.07) is 0. The lowest BCUT2D eigenvalue weighted by Crippen LogP contribution is -2.27. The molecule has 1 fully saturated rings. The van der Waals surface area contributed by atoms with Crippen molar-refractivity contribution in [1.82, 2.24) is 4.90 Å². The first kappa shape index (κ1) is 10.7. The van der Waals surface area contributed by atoms with Crippen LogP contribution in [0.25, 0.3) is 0 Å². The van der Waals surface area contributed by atoms with Gasteiger partial charge in [-0.25, -0.2) is 0 Å². The van der Waals surface area contributed by atoms with Crippen LogP contribution in [0.15, 0.2) is 0 Å². The van der Waals surface area contributed by atoms with E-state index in [2.05, 4.69) is 0 Å². The van der Waals surface area contributed by atoms with Gasteiger partial charge in [-0.15, -0.1) is 0 Å². The predicted molar refractivity (Wildman–Crippen MR) is 51.7 cm³/mol. The number of hydrogen-bond acceptors (Lipinski definition) is 3. The normalized spacial score (nSPS) is 23.5. The number of carbonyl (C=O) groups excluding carboxylic acids is 1. The molecule has 76 valence electrons. The van der Waals surface area contributed by atoms with Crippen LogP contribution < -0.4 is 0 Å². The number of ketones is 1. The summed E-state index contributed by atoms with van der Waals surface area (Å²) in [7, 11) is 3.98. The average Bonchev–Trinajstić information content (AvgIpc) is 2.15. The van der Waals surface area contributed by atoms with Gasteiger partial charge in [0.05, 0.1) is 6.61 Å². The van der Waals surface area contributed by atoms with Crippen molar-refractivity contribution >= 4 is 5.78 Å². The lowest BCUT2D eigenvalue weighted by Gasteiger charge is -2.21. The second-order valence-electron chi connectivity index (χ2n) is 3.93. The van der Waals surface area contributed by atoms with E-state index in [1.165, 1.54) is 0 Å². The predicted octanol–water partition coefficient (Wildman–Crippen LogP) is 0.934. The molecule has 1 saturated heterocycles. The fraction of sp³-hybridized carbons (Fsp3) is 0.900. The van der Waals surface area contributed by atoms with Gasteiger partial charge in [0.15, 0.2) is 0 Å². The van der Waals surface area contributed by atoms with E-state index in [0.29, 0.717) is 18.8 Å². The topological polar surface area (TPSA) is 29.5 Å². The molecular formula is C10H19NO2. The molecule has 1 unspecified atom stereocenters. The van der Waals surface area contributed by atoms with Crippen LogP contribution in [-0.4, -0.2) is 44.5 Å². The highest BCUT2D eigenvalue weighted by Gasteiger charge is 2.20. The first-order valence-electron chi connectivity index (χ1n) is 4.95. The zero-order chi connectivity index (χ0) is 9.68. The second-order valence-corrected chi connectivity index (χ2v) is 3.93. The molecule has 1 aliphatic heterocycles. The Labute approximate surface area is 80.1 Å². The molecular weight excluding hydrogens is 166 g/mol. The number of carbonyl (C=O) groups is 1. The summed E-state index contributed by atoms with van der Waals surface area (Å²) in [5.41, 5.74) is 0. The number of ether oxygens (including phenoxy) is 1. The molecule has 0 aliphatic carbocycles. The molecule has 0 aromatic heterocycles. The second kappa shape index (κ2) is 5.35. The molecule has 3 heteroatoms. The Morgan fingerprint density at radius 1 is 1.54 bits per heavy atom. The summed E-state index contributed by atoms with van der Waals surface area (Å²) >= 11 is 0. The van der Waals surface area contributed by atoms with Crippen LogP contribution in [-0.2, 0) is 9.53 Å². The number of hydrogen-bond donors (Lipinski definition) is 0. The fourth-order valence-corrected chi connectivity index (χ4v) is 1.53. The van der Waals surface area contributed by atoms with Crippen molar-refractivity contribution in [2.75, 3.05) is 33.9 Å². The fourth-order valence-electron chi connectivity index (χ4n) is 1.53. The first-order chi connectivity index (χ1) is 6.20. The van der Waals surface area contributed by atoms with E-state index in [1.807, 2.05) is 19.0 Å². The van der Waals surface area contributed by atoms with Crippen molar-refractivity contribution in [2.24, 2.45) is 5.92 Å². The van der Waals surface area contributed by atoms with Crippen molar-refractivity contribution in [3.63, 3.8) is 0 Å². The lowest BCUT2D eigenvalue weighted by atomic mass is 9.95. The van der Waals surface area contributed by atoms with Crippen LogP contribution in [0.5, 0.6) is 0 Å². The molecule has 0 aromatic rings. The lowest BCUT2D eigenvalue weighted by molar-refractivity contribution is -0.127. The number of Topliss-reactive ketones (excluding diaryl/α,β-unsaturated/α-hetero) is 1. The van der Waals surface area contributed by atoms with Crippen LogP contribution in [0.1, 0.15) is 19.3 Å². The van der Waals surface area contributed by atoms with Gasteiger partial charge in [0, 0.05) is 25.5 Å². The molecule has 3 nitrogen and oxygen atoms in total. The van der Waals surface area contributed by atoms with E-state index in [4.69, 9.17) is 4.74 Å². The monoisotopic (exact) mass is 185 g/mol. The van der Waals surface area contributed by atoms with Gasteiger partial charge in [0.25, 0.3) is 0 Å². The summed E-state index contributed by atoms with van der Waals surface area (Å²) in [4.78, 5) is 13.6. The molecule has 1 aliphatic rings. The Morgan fingerprint density at radius 2 is 2.31 bits per heavy atom. The van der Waals surface area contributed by atoms with E-state index in [0.717, 1.165) is 26.0 Å². The van der Waals surface area contributed by atoms with Gasteiger partial charge in [0.1, 0.15) is 5.78 Å². The van der Waals surface area contributed by atoms with Crippen molar-refractivity contribution in [2.45, 2.75) is 19.3 Å². The molecule has 1 atom stereocenters. The number of rotatable bonds is 4. The maximum absolute atomic E-state index is 11.6. The van der Waals surface area contributed by atoms with Crippen LogP contribution in [0, 0.1) is 5.92 Å². The zero-order valence-corrected chi connectivity index (χ0v) is 8.58. The van der Waals surface area contributed by atoms with Crippen molar-refractivity contribution in [1.29, 1.82) is 0 Å². The number of nitrogens with zero attached hydrogens (tertiary/aromatic N) is 1. The van der Waals surface area contributed by atoms with Gasteiger partial charge in [-0.3, -0.25) is 4.79 Å². The Morgan fingerprint density at radius 3 is 2.85 bits per heavy atom. The summed E-state index contributed by atoms with van der Waals surface area (Å²) in [6.07, 6.45) is 2.73. The highest BCUT2D eigenvalue weighted by atomic mass is 16.5. The van der Waals surface area contributed by atoms with Gasteiger partial charge in [-0.05, 0) is 26.9 Å². The van der Waals surface area contributed by atoms with E-state index < -0.39 is 0 Å². The van der Waals surface area contributed by atoms with Gasteiger partial charge in [0.2, 0.25) is 0 Å². The molecule has 0 spiro atoms. The quantitative estimate of drug-likeness (QED) is 0.652. The van der Waals surface area contributed by atoms with E-state index >= 15 is 0 Å². The minimum absolute atomic E-state index is 0.175. The largest absolute Gasteiger partial charge is 0.381 e. The van der Waals surface area contributed by atoms with E-state index in [-0.39, 0.29) is 5.92 Å². The zero-order valence-electron chi connectivity index (χ0n) is 8.58. The summed E-state index contributed by atoms with van der Waals surface area (Å²) in [5.74, 6) is 0.544. The van der Waals surface area contributed by atoms with Crippen LogP contribution in [0.2, 0.25) is 0 Å². The molecule has 1 rings (SSSR count). The van der Waals surface area contributed by atoms with E-state index in [9.17, 15) is 4.79 Å². The molecule has 0 amide bonds. The average molecular weight is 185 g/mol. The highest BCUT2D eigenvalue weighted by Crippen LogP contribution is 2.15. The molecule has 0 radical (unpaired) electrons. The Bertz CT molecular complexity index is 162. The standard InChI is InChI=1S/C10H19NO2/c1-11(2)6-5-10(12)9-4-3-7-13-8-9/h9H,3-8H2,1-2H3. The highest BCUT2D eigenvalue weighted by molar-refractivity contribution is 5.81. The third-order valence-electron chi connectivity index (χ3n) is 2.42. The van der Waals surface area contributed by atoms with Gasteiger partial charge < -0.3 is 9.64 Å². The van der Waals surface area contributed by atoms with Gasteiger partial charge in [-0.1, -0.05) is 0 Å². The summed E-state index contributed by atoms with van der Waals surface area (Å²) in [6.45, 7) is 2.33. The maximum Gasteiger partial charge on any atom is 0.139 e. The van der Waals surface area contributed by atoms with Gasteiger partial charge in [-0.2, -0.15) is 0 Å². The third kappa shape index (κ3) is 3.87. The SMILES string of the molecule is CN(C)CCC(=O)C1CCCOC1. The van der Waals surface area contributed by atoms with Crippen LogP contribution in [0.3, 0.4) is 0 Å². The Hall–Kier alpha value is -0.410. The Balaban J connectivity index is 2.21. The molecule has 0 N–H and O–H groups in total. The van der Waals surface area contributed by atoms with Crippen molar-refractivity contribution in [3.05, 3.63) is 0 Å². The van der Waals surface area contributed by atoms with Crippen LogP contribution >= 0.6 is 0 Å². The van der Waals surface area contributed by atoms with Crippen molar-refractivity contribution in [3.8, 4) is 0 Å². The molecule has 13 heavy (non-hydrogen) atoms. The molecule has 0 aromatic carbocycles. The van der Waals surface area contributed by atoms with E-state index in [1.54, 1.807) is 0 Å². The van der Waals surface area contributed by atoms with Gasteiger partial charge >= 0.3 is 0 Å². The molecule has 0 bridgehead atoms. The minimum atomic E-state index is 0.175. The summed E-state index contributed by atoms with van der Waals surface area (Å²) in [5, 5.41) is 0. The smallest absolute Gasteiger partial charge is 0.139 e. The molecule has 0 saturated carbocycles. The maximum atomic E-state index is 11.6. The minimum Gasteiger partial charge on any atom is -0.381 e. The Kier molecular flexibility index (Phi) is 4.39. The van der Waals surface area contributed by atoms with Crippen molar-refractivity contribution < 1.29 is 9.53 Å². The molecule has 1 heterocycles.